The number of phenolic OH excluding ortho intramolecular Hbond substituents is 4. The van der Waals surface area contributed by atoms with E-state index in [0.717, 1.165) is 42.5 Å². The van der Waals surface area contributed by atoms with Crippen molar-refractivity contribution in [3.05, 3.63) is 139 Å². The summed E-state index contributed by atoms with van der Waals surface area (Å²) < 4.78 is 241. The predicted octanol–water partition coefficient (Wildman–Crippen LogP) is 19.3. The standard InChI is InChI=1S/C14H12ClF3O4.C13H9Cl2F3O4.2C13H10ClF3O4.C13H11F3O4.2CH4.Cl2O2S/c1-3-6-4-7-5-8(13(19)20)12(14(16,17)18)22-11(7)9(15)10(6)21-2;1-2-4-7(14)5-3-6(12(20)21)11(13(16,17)18)22-10(5)8(15)9(4)19;1-2-5-8(18)4-9-6(10(5)14)3-7(12(19)20)11(21-9)13(15,16)17;1-2-5-3-6-4-7(12(19)20)11(13(15,16)17)21-10(6)8(14)9(5)18;1-2-6-3-7-4-8(12(18)19)11(13(14,15)16)20-10(7)5-9(6)17;;;1-5(2,3)4/h4-5,12H,3H2,1-2H3,(H,19,20);3,11,19H,2H2,1H3,(H,20,21);2*3-4,11,18H,2H2,1H3,(H,19,20);3-5,11,17H,2H2,1H3,(H,18,19);2*1H4;. The summed E-state index contributed by atoms with van der Waals surface area (Å²) in [5.41, 5.74) is -2.23. The topological polar surface area (TPSA) is 357 Å². The Morgan fingerprint density at radius 2 is 0.690 bits per heavy atom. The average Bonchev–Trinajstić information content (AvgIpc) is 0.766. The zero-order chi connectivity index (χ0) is 84.9. The molecule has 0 bridgehead atoms. The predicted molar refractivity (Wildman–Crippen MR) is 382 cm³/mol. The Morgan fingerprint density at radius 1 is 0.389 bits per heavy atom. The molecule has 0 amide bonds. The molecule has 5 aliphatic heterocycles. The first-order valence-electron chi connectivity index (χ1n) is 30.5. The number of benzene rings is 5. The van der Waals surface area contributed by atoms with Gasteiger partial charge in [0.05, 0.1) is 45.0 Å². The van der Waals surface area contributed by atoms with Crippen LogP contribution in [-0.2, 0) is 64.3 Å². The molecule has 113 heavy (non-hydrogen) atoms. The lowest BCUT2D eigenvalue weighted by Crippen LogP contribution is -2.40. The number of hydrogen-bond donors (Lipinski definition) is 9. The highest BCUT2D eigenvalue weighted by molar-refractivity contribution is 8.31. The first-order chi connectivity index (χ1) is 50.9. The maximum atomic E-state index is 13.0. The third-order valence-electron chi connectivity index (χ3n) is 15.5. The molecule has 0 aliphatic carbocycles. The van der Waals surface area contributed by atoms with E-state index in [2.05, 4.69) is 21.4 Å². The molecule has 45 heteroatoms. The fourth-order valence-electron chi connectivity index (χ4n) is 10.5. The third-order valence-corrected chi connectivity index (χ3v) is 17.4. The van der Waals surface area contributed by atoms with E-state index in [4.69, 9.17) is 120 Å². The smallest absolute Gasteiger partial charge is 0.430 e. The van der Waals surface area contributed by atoms with Crippen LogP contribution in [0.4, 0.5) is 65.9 Å². The second kappa shape index (κ2) is 38.0. The number of halogens is 22. The van der Waals surface area contributed by atoms with Gasteiger partial charge in [0.25, 0.3) is 0 Å². The Labute approximate surface area is 663 Å². The molecule has 0 fully saturated rings. The number of methoxy groups -OCH3 is 1. The highest BCUT2D eigenvalue weighted by Gasteiger charge is 2.54. The number of carbonyl (C=O) groups is 5. The number of phenols is 4. The van der Waals surface area contributed by atoms with Crippen molar-refractivity contribution in [2.75, 3.05) is 7.11 Å². The number of carboxylic acid groups (broad SMARTS) is 5. The summed E-state index contributed by atoms with van der Waals surface area (Å²) in [7, 11) is 6.16. The molecule has 5 aliphatic rings. The van der Waals surface area contributed by atoms with Crippen molar-refractivity contribution in [1.82, 2.24) is 0 Å². The van der Waals surface area contributed by atoms with E-state index < -0.39 is 144 Å². The van der Waals surface area contributed by atoms with E-state index >= 15 is 0 Å². The summed E-state index contributed by atoms with van der Waals surface area (Å²) in [4.78, 5) is 55.1. The second-order valence-electron chi connectivity index (χ2n) is 22.6. The highest BCUT2D eigenvalue weighted by Crippen LogP contribution is 2.53. The Bertz CT molecular complexity index is 4780. The van der Waals surface area contributed by atoms with Gasteiger partial charge in [-0.2, -0.15) is 74.3 Å². The van der Waals surface area contributed by atoms with Crippen LogP contribution in [0.15, 0.2) is 58.2 Å². The summed E-state index contributed by atoms with van der Waals surface area (Å²) in [6.07, 6.45) is -31.3. The number of alkyl halides is 15. The normalized spacial score (nSPS) is 17.1. The quantitative estimate of drug-likeness (QED) is 0.0438. The molecule has 9 N–H and O–H groups in total. The summed E-state index contributed by atoms with van der Waals surface area (Å²) >= 11 is 29.7. The molecule has 0 spiro atoms. The van der Waals surface area contributed by atoms with Gasteiger partial charge in [0, 0.05) is 72.4 Å². The van der Waals surface area contributed by atoms with Crippen LogP contribution in [-0.4, -0.2) is 153 Å². The molecule has 624 valence electrons. The fraction of sp³-hybridized carbons (Fsp3) is 0.338. The number of aromatic hydroxyl groups is 4. The van der Waals surface area contributed by atoms with Gasteiger partial charge in [0.2, 0.25) is 30.5 Å². The molecule has 5 heterocycles. The first kappa shape index (κ1) is 98.3. The zero-order valence-electron chi connectivity index (χ0n) is 56.3. The number of fused-ring (bicyclic) bond motifs is 5. The number of hydrogen-bond acceptors (Lipinski definition) is 17. The van der Waals surface area contributed by atoms with Crippen molar-refractivity contribution >= 4 is 148 Å². The van der Waals surface area contributed by atoms with E-state index in [-0.39, 0.29) is 121 Å². The summed E-state index contributed by atoms with van der Waals surface area (Å²) in [6, 6.07) is 6.36. The Hall–Kier alpha value is -8.92. The van der Waals surface area contributed by atoms with E-state index in [1.165, 1.54) is 25.3 Å². The van der Waals surface area contributed by atoms with Gasteiger partial charge in [-0.05, 0) is 97.4 Å². The first-order valence-corrected chi connectivity index (χ1v) is 35.5. The molecule has 5 atom stereocenters. The number of aliphatic carboxylic acids is 5. The highest BCUT2D eigenvalue weighted by atomic mass is 36.0. The Kier molecular flexibility index (Phi) is 33.1. The van der Waals surface area contributed by atoms with Gasteiger partial charge in [-0.3, -0.25) is 0 Å². The van der Waals surface area contributed by atoms with Crippen LogP contribution in [0.3, 0.4) is 0 Å². The van der Waals surface area contributed by atoms with Crippen LogP contribution in [0.1, 0.15) is 105 Å². The number of ether oxygens (including phenoxy) is 6. The molecular formula is C68H60Cl7F15O22S. The largest absolute Gasteiger partial charge is 0.508 e. The number of aryl methyl sites for hydroxylation is 3. The van der Waals surface area contributed by atoms with Crippen molar-refractivity contribution < 1.29 is 173 Å². The lowest BCUT2D eigenvalue weighted by Gasteiger charge is -2.29. The van der Waals surface area contributed by atoms with Crippen molar-refractivity contribution in [3.8, 4) is 57.5 Å². The van der Waals surface area contributed by atoms with Crippen molar-refractivity contribution in [2.24, 2.45) is 0 Å². The van der Waals surface area contributed by atoms with Gasteiger partial charge in [0.15, 0.2) is 5.75 Å². The minimum atomic E-state index is -4.96. The molecular weight excluding hydrogens is 1730 g/mol. The summed E-state index contributed by atoms with van der Waals surface area (Å²) in [6.45, 7) is 8.61. The Morgan fingerprint density at radius 3 is 1.05 bits per heavy atom. The molecule has 0 aromatic heterocycles. The SMILES string of the molecule is C.C.CCc1c(O)c(Cl)c2c(c1Cl)C=C(C(=O)O)C(C(F)(F)F)O2.CCc1c(O)cc2c(c1Cl)C=C(C(=O)O)C(C(F)(F)F)O2.CCc1cc2c(c(Cl)c1O)OC(C(F)(F)F)C(C(=O)O)=C2.CCc1cc2c(c(Cl)c1OC)OC(C(F)(F)F)C(C(=O)O)=C2.CCc1cc2c(cc1O)OC(C(F)(F)F)C(C(=O)O)=C2.O=S(=O)(Cl)Cl. The van der Waals surface area contributed by atoms with Crippen LogP contribution in [0.25, 0.3) is 30.4 Å². The molecule has 22 nitrogen and oxygen atoms in total. The van der Waals surface area contributed by atoms with Gasteiger partial charge < -0.3 is 74.4 Å². The van der Waals surface area contributed by atoms with E-state index in [1.54, 1.807) is 27.7 Å². The monoisotopic (exact) mass is 1790 g/mol. The van der Waals surface area contributed by atoms with Crippen molar-refractivity contribution in [1.29, 1.82) is 0 Å². The molecule has 5 aromatic rings. The molecule has 5 unspecified atom stereocenters. The van der Waals surface area contributed by atoms with Crippen LogP contribution >= 0.6 is 79.4 Å². The maximum absolute atomic E-state index is 13.0. The second-order valence-corrected chi connectivity index (χ2v) is 28.2. The molecule has 5 aromatic carbocycles. The van der Waals surface area contributed by atoms with Crippen LogP contribution < -0.4 is 28.4 Å². The van der Waals surface area contributed by atoms with Crippen LogP contribution in [0.2, 0.25) is 25.1 Å². The lowest BCUT2D eigenvalue weighted by molar-refractivity contribution is -0.187. The van der Waals surface area contributed by atoms with E-state index in [1.807, 2.05) is 6.92 Å². The van der Waals surface area contributed by atoms with E-state index in [9.17, 15) is 110 Å². The maximum Gasteiger partial charge on any atom is 0.430 e. The van der Waals surface area contributed by atoms with Crippen LogP contribution in [0.5, 0.6) is 57.5 Å². The Balaban J connectivity index is 0.000000358. The zero-order valence-corrected chi connectivity index (χ0v) is 62.4. The minimum absolute atomic E-state index is 0. The van der Waals surface area contributed by atoms with Gasteiger partial charge >= 0.3 is 69.0 Å². The van der Waals surface area contributed by atoms with Gasteiger partial charge in [0.1, 0.15) is 66.8 Å². The third kappa shape index (κ3) is 23.2. The molecule has 10 rings (SSSR count). The summed E-state index contributed by atoms with van der Waals surface area (Å²) in [5, 5.41) is 82.7. The molecule has 0 radical (unpaired) electrons. The number of rotatable bonds is 11. The van der Waals surface area contributed by atoms with Gasteiger partial charge in [-0.25, -0.2) is 24.0 Å². The van der Waals surface area contributed by atoms with E-state index in [0.29, 0.717) is 47.9 Å². The molecule has 0 saturated carbocycles. The van der Waals surface area contributed by atoms with Crippen molar-refractivity contribution in [2.45, 2.75) is 143 Å². The van der Waals surface area contributed by atoms with Gasteiger partial charge in [-0.1, -0.05) is 107 Å². The fourth-order valence-corrected chi connectivity index (χ4v) is 12.1. The average molecular weight is 1790 g/mol. The summed E-state index contributed by atoms with van der Waals surface area (Å²) in [5.74, 6) is -11.4. The van der Waals surface area contributed by atoms with Crippen molar-refractivity contribution in [3.63, 3.8) is 0 Å². The van der Waals surface area contributed by atoms with Crippen LogP contribution in [0, 0.1) is 0 Å². The molecule has 0 saturated heterocycles. The lowest BCUT2D eigenvalue weighted by atomic mass is 9.98. The minimum Gasteiger partial charge on any atom is -0.508 e. The van der Waals surface area contributed by atoms with Gasteiger partial charge in [-0.15, -0.1) is 0 Å². The number of carboxylic acids is 5.